The van der Waals surface area contributed by atoms with Crippen LogP contribution in [0.5, 0.6) is 0 Å². The Hall–Kier alpha value is -2.18. The molecule has 0 radical (unpaired) electrons. The summed E-state index contributed by atoms with van der Waals surface area (Å²) in [6.45, 7) is 7.31. The number of nitrogens with zero attached hydrogens (tertiary/aromatic N) is 5. The molecule has 128 valence electrons. The standard InChI is InChI=1S/C17H23N5O2/c1-11(2)22-14(6-8-18-22)15(23)21-9-13-5-4-7-17(13,10-21)16-19-12(3)20-24-16/h6,8,11,13H,4-5,7,9-10H2,1-3H3/t13-,17-/m0/s1. The minimum absolute atomic E-state index is 0.0474. The number of amides is 1. The van der Waals surface area contributed by atoms with Crippen molar-refractivity contribution >= 4 is 5.91 Å². The summed E-state index contributed by atoms with van der Waals surface area (Å²) in [7, 11) is 0. The van der Waals surface area contributed by atoms with Crippen molar-refractivity contribution in [1.82, 2.24) is 24.8 Å². The quantitative estimate of drug-likeness (QED) is 0.864. The van der Waals surface area contributed by atoms with Crippen LogP contribution in [0.3, 0.4) is 0 Å². The van der Waals surface area contributed by atoms with Crippen LogP contribution in [-0.2, 0) is 5.41 Å². The van der Waals surface area contributed by atoms with Gasteiger partial charge in [0, 0.05) is 25.3 Å². The first-order chi connectivity index (χ1) is 11.5. The molecular weight excluding hydrogens is 306 g/mol. The summed E-state index contributed by atoms with van der Waals surface area (Å²) in [5.74, 6) is 1.81. The van der Waals surface area contributed by atoms with Gasteiger partial charge in [0.1, 0.15) is 5.69 Å². The molecule has 1 amide bonds. The molecule has 4 rings (SSSR count). The molecule has 2 aliphatic rings. The monoisotopic (exact) mass is 329 g/mol. The third kappa shape index (κ3) is 2.17. The molecule has 1 saturated carbocycles. The van der Waals surface area contributed by atoms with Gasteiger partial charge >= 0.3 is 0 Å². The van der Waals surface area contributed by atoms with Crippen molar-refractivity contribution in [2.45, 2.75) is 51.5 Å². The van der Waals surface area contributed by atoms with Gasteiger partial charge in [-0.25, -0.2) is 0 Å². The highest BCUT2D eigenvalue weighted by Crippen LogP contribution is 2.50. The second kappa shape index (κ2) is 5.43. The van der Waals surface area contributed by atoms with E-state index in [4.69, 9.17) is 4.52 Å². The molecule has 0 unspecified atom stereocenters. The maximum absolute atomic E-state index is 13.0. The van der Waals surface area contributed by atoms with Crippen LogP contribution in [0.1, 0.15) is 61.4 Å². The van der Waals surface area contributed by atoms with E-state index in [2.05, 4.69) is 15.2 Å². The summed E-state index contributed by atoms with van der Waals surface area (Å²) in [5.41, 5.74) is 0.487. The fourth-order valence-corrected chi connectivity index (χ4v) is 4.35. The van der Waals surface area contributed by atoms with Crippen LogP contribution in [0.4, 0.5) is 0 Å². The molecule has 1 aliphatic carbocycles. The lowest BCUT2D eigenvalue weighted by molar-refractivity contribution is 0.0760. The lowest BCUT2D eigenvalue weighted by Crippen LogP contribution is -2.35. The highest BCUT2D eigenvalue weighted by Gasteiger charge is 2.55. The molecule has 0 bridgehead atoms. The van der Waals surface area contributed by atoms with Crippen LogP contribution in [0.25, 0.3) is 0 Å². The molecule has 0 N–H and O–H groups in total. The number of carbonyl (C=O) groups is 1. The van der Waals surface area contributed by atoms with Crippen LogP contribution < -0.4 is 0 Å². The van der Waals surface area contributed by atoms with Gasteiger partial charge in [0.2, 0.25) is 5.89 Å². The van der Waals surface area contributed by atoms with E-state index in [0.29, 0.717) is 29.9 Å². The molecule has 0 spiro atoms. The average molecular weight is 329 g/mol. The number of aromatic nitrogens is 4. The summed E-state index contributed by atoms with van der Waals surface area (Å²) in [6.07, 6.45) is 4.96. The van der Waals surface area contributed by atoms with E-state index in [1.165, 1.54) is 0 Å². The topological polar surface area (TPSA) is 77.0 Å². The molecular formula is C17H23N5O2. The van der Waals surface area contributed by atoms with Gasteiger partial charge in [-0.3, -0.25) is 9.48 Å². The van der Waals surface area contributed by atoms with Gasteiger partial charge in [-0.15, -0.1) is 0 Å². The average Bonchev–Trinajstić information content (AvgIpc) is 3.28. The molecule has 0 aromatic carbocycles. The smallest absolute Gasteiger partial charge is 0.272 e. The first-order valence-electron chi connectivity index (χ1n) is 8.65. The summed E-state index contributed by atoms with van der Waals surface area (Å²) < 4.78 is 7.31. The van der Waals surface area contributed by atoms with Gasteiger partial charge in [0.25, 0.3) is 5.91 Å². The Bertz CT molecular complexity index is 765. The van der Waals surface area contributed by atoms with Crippen molar-refractivity contribution in [3.8, 4) is 0 Å². The predicted molar refractivity (Wildman–Crippen MR) is 86.6 cm³/mol. The summed E-state index contributed by atoms with van der Waals surface area (Å²) in [5, 5.41) is 8.26. The van der Waals surface area contributed by atoms with Crippen molar-refractivity contribution in [1.29, 1.82) is 0 Å². The van der Waals surface area contributed by atoms with Crippen LogP contribution in [0.15, 0.2) is 16.8 Å². The van der Waals surface area contributed by atoms with Crippen LogP contribution >= 0.6 is 0 Å². The number of carbonyl (C=O) groups excluding carboxylic acids is 1. The third-order valence-corrected chi connectivity index (χ3v) is 5.49. The van der Waals surface area contributed by atoms with Gasteiger partial charge in [-0.05, 0) is 45.6 Å². The van der Waals surface area contributed by atoms with E-state index in [1.807, 2.05) is 25.7 Å². The molecule has 2 fully saturated rings. The van der Waals surface area contributed by atoms with E-state index >= 15 is 0 Å². The summed E-state index contributed by atoms with van der Waals surface area (Å²) >= 11 is 0. The number of likely N-dealkylation sites (tertiary alicyclic amines) is 1. The minimum Gasteiger partial charge on any atom is -0.339 e. The van der Waals surface area contributed by atoms with Crippen molar-refractivity contribution < 1.29 is 9.32 Å². The lowest BCUT2D eigenvalue weighted by Gasteiger charge is -2.24. The Balaban J connectivity index is 1.63. The highest BCUT2D eigenvalue weighted by molar-refractivity contribution is 5.93. The summed E-state index contributed by atoms with van der Waals surface area (Å²) in [4.78, 5) is 19.5. The number of aryl methyl sites for hydroxylation is 1. The Kier molecular flexibility index (Phi) is 3.47. The normalized spacial score (nSPS) is 26.3. The number of rotatable bonds is 3. The largest absolute Gasteiger partial charge is 0.339 e. The molecule has 2 aromatic rings. The van der Waals surface area contributed by atoms with Crippen LogP contribution in [-0.4, -0.2) is 43.8 Å². The number of hydrogen-bond donors (Lipinski definition) is 0. The number of fused-ring (bicyclic) bond motifs is 1. The van der Waals surface area contributed by atoms with E-state index in [9.17, 15) is 4.79 Å². The van der Waals surface area contributed by atoms with Crippen molar-refractivity contribution in [3.63, 3.8) is 0 Å². The zero-order chi connectivity index (χ0) is 16.9. The Morgan fingerprint density at radius 1 is 1.46 bits per heavy atom. The van der Waals surface area contributed by atoms with E-state index < -0.39 is 0 Å². The first kappa shape index (κ1) is 15.4. The lowest BCUT2D eigenvalue weighted by atomic mass is 9.80. The SMILES string of the molecule is Cc1noc([C@]23CCC[C@H]2CN(C(=O)c2ccnn2C(C)C)C3)n1. The second-order valence-corrected chi connectivity index (χ2v) is 7.33. The molecule has 3 heterocycles. The molecule has 7 heteroatoms. The Labute approximate surface area is 141 Å². The molecule has 2 atom stereocenters. The van der Waals surface area contributed by atoms with Crippen LogP contribution in [0.2, 0.25) is 0 Å². The van der Waals surface area contributed by atoms with Crippen LogP contribution in [0, 0.1) is 12.8 Å². The minimum atomic E-state index is -0.167. The van der Waals surface area contributed by atoms with Gasteiger partial charge in [-0.1, -0.05) is 11.6 Å². The number of hydrogen-bond acceptors (Lipinski definition) is 5. The third-order valence-electron chi connectivity index (χ3n) is 5.49. The molecule has 24 heavy (non-hydrogen) atoms. The van der Waals surface area contributed by atoms with Gasteiger partial charge in [-0.2, -0.15) is 10.1 Å². The fraction of sp³-hybridized carbons (Fsp3) is 0.647. The molecule has 7 nitrogen and oxygen atoms in total. The zero-order valence-electron chi connectivity index (χ0n) is 14.4. The molecule has 1 aliphatic heterocycles. The van der Waals surface area contributed by atoms with Crippen molar-refractivity contribution in [2.75, 3.05) is 13.1 Å². The first-order valence-corrected chi connectivity index (χ1v) is 8.65. The molecule has 1 saturated heterocycles. The molecule has 2 aromatic heterocycles. The Morgan fingerprint density at radius 2 is 2.29 bits per heavy atom. The van der Waals surface area contributed by atoms with Gasteiger partial charge in [0.05, 0.1) is 5.41 Å². The Morgan fingerprint density at radius 3 is 3.00 bits per heavy atom. The van der Waals surface area contributed by atoms with Crippen molar-refractivity contribution in [3.05, 3.63) is 29.7 Å². The van der Waals surface area contributed by atoms with E-state index in [0.717, 1.165) is 25.8 Å². The van der Waals surface area contributed by atoms with Gasteiger partial charge < -0.3 is 9.42 Å². The maximum Gasteiger partial charge on any atom is 0.272 e. The van der Waals surface area contributed by atoms with Crippen molar-refractivity contribution in [2.24, 2.45) is 5.92 Å². The highest BCUT2D eigenvalue weighted by atomic mass is 16.5. The predicted octanol–water partition coefficient (Wildman–Crippen LogP) is 2.35. The van der Waals surface area contributed by atoms with E-state index in [-0.39, 0.29) is 17.4 Å². The maximum atomic E-state index is 13.0. The van der Waals surface area contributed by atoms with Gasteiger partial charge in [0.15, 0.2) is 5.82 Å². The van der Waals surface area contributed by atoms with E-state index in [1.54, 1.807) is 16.9 Å². The zero-order valence-corrected chi connectivity index (χ0v) is 14.4. The second-order valence-electron chi connectivity index (χ2n) is 7.33. The fourth-order valence-electron chi connectivity index (χ4n) is 4.35. The summed E-state index contributed by atoms with van der Waals surface area (Å²) in [6, 6.07) is 1.97.